The zero-order valence-corrected chi connectivity index (χ0v) is 14.4. The van der Waals surface area contributed by atoms with Gasteiger partial charge in [0, 0.05) is 24.7 Å². The van der Waals surface area contributed by atoms with E-state index in [4.69, 9.17) is 4.74 Å². The molecule has 0 saturated heterocycles. The summed E-state index contributed by atoms with van der Waals surface area (Å²) in [6.07, 6.45) is 0. The average Bonchev–Trinajstić information content (AvgIpc) is 2.56. The molecule has 1 amide bonds. The fraction of sp³-hybridized carbons (Fsp3) is 0.500. The Bertz CT molecular complexity index is 614. The van der Waals surface area contributed by atoms with Crippen LogP contribution in [-0.4, -0.2) is 47.4 Å². The summed E-state index contributed by atoms with van der Waals surface area (Å²) in [5.74, 6) is -0.775. The van der Waals surface area contributed by atoms with Crippen molar-refractivity contribution in [3.63, 3.8) is 0 Å². The smallest absolute Gasteiger partial charge is 0.328 e. The van der Waals surface area contributed by atoms with Crippen LogP contribution in [0.25, 0.3) is 0 Å². The lowest BCUT2D eigenvalue weighted by atomic mass is 10.1. The molecule has 0 saturated carbocycles. The highest BCUT2D eigenvalue weighted by atomic mass is 16.6. The van der Waals surface area contributed by atoms with Crippen molar-refractivity contribution in [3.8, 4) is 0 Å². The van der Waals surface area contributed by atoms with Gasteiger partial charge in [0.1, 0.15) is 11.7 Å². The van der Waals surface area contributed by atoms with E-state index in [0.29, 0.717) is 13.1 Å². The maximum absolute atomic E-state index is 12.3. The number of nitro groups is 1. The molecule has 0 spiro atoms. The number of carbonyl (C=O) groups is 2. The third-order valence-corrected chi connectivity index (χ3v) is 3.50. The summed E-state index contributed by atoms with van der Waals surface area (Å²) in [5, 5.41) is 14.1. The van der Waals surface area contributed by atoms with E-state index in [2.05, 4.69) is 5.32 Å². The van der Waals surface area contributed by atoms with Gasteiger partial charge in [-0.15, -0.1) is 0 Å². The summed E-state index contributed by atoms with van der Waals surface area (Å²) in [6.45, 7) is 8.17. The largest absolute Gasteiger partial charge is 0.464 e. The van der Waals surface area contributed by atoms with Gasteiger partial charge >= 0.3 is 5.97 Å². The summed E-state index contributed by atoms with van der Waals surface area (Å²) in [4.78, 5) is 36.3. The SMILES string of the molecule is CCOC(=O)C(C)Nc1ccc(C(=O)N(CC)CC)cc1[N+](=O)[O-]. The number of carbonyl (C=O) groups excluding carboxylic acids is 2. The second kappa shape index (κ2) is 8.85. The number of nitrogens with zero attached hydrogens (tertiary/aromatic N) is 2. The van der Waals surface area contributed by atoms with Gasteiger partial charge in [-0.3, -0.25) is 14.9 Å². The fourth-order valence-electron chi connectivity index (χ4n) is 2.19. The van der Waals surface area contributed by atoms with E-state index in [-0.39, 0.29) is 29.5 Å². The second-order valence-corrected chi connectivity index (χ2v) is 5.08. The first-order chi connectivity index (χ1) is 11.3. The van der Waals surface area contributed by atoms with Crippen LogP contribution in [0.2, 0.25) is 0 Å². The Hall–Kier alpha value is -2.64. The highest BCUT2D eigenvalue weighted by molar-refractivity contribution is 5.96. The number of hydrogen-bond acceptors (Lipinski definition) is 6. The van der Waals surface area contributed by atoms with Crippen molar-refractivity contribution in [2.75, 3.05) is 25.0 Å². The molecule has 1 aromatic carbocycles. The van der Waals surface area contributed by atoms with Crippen LogP contribution >= 0.6 is 0 Å². The zero-order chi connectivity index (χ0) is 18.3. The standard InChI is InChI=1S/C16H23N3O5/c1-5-18(6-2)15(20)12-8-9-13(14(10-12)19(22)23)17-11(4)16(21)24-7-3/h8-11,17H,5-7H2,1-4H3. The quantitative estimate of drug-likeness (QED) is 0.444. The maximum atomic E-state index is 12.3. The van der Waals surface area contributed by atoms with E-state index in [9.17, 15) is 19.7 Å². The third kappa shape index (κ3) is 4.68. The summed E-state index contributed by atoms with van der Waals surface area (Å²) in [7, 11) is 0. The maximum Gasteiger partial charge on any atom is 0.328 e. The van der Waals surface area contributed by atoms with Gasteiger partial charge in [0.05, 0.1) is 11.5 Å². The minimum Gasteiger partial charge on any atom is -0.464 e. The lowest BCUT2D eigenvalue weighted by Gasteiger charge is -2.19. The zero-order valence-electron chi connectivity index (χ0n) is 14.4. The first-order valence-corrected chi connectivity index (χ1v) is 7.86. The monoisotopic (exact) mass is 337 g/mol. The van der Waals surface area contributed by atoms with Gasteiger partial charge in [-0.25, -0.2) is 4.79 Å². The van der Waals surface area contributed by atoms with Crippen LogP contribution in [0.15, 0.2) is 18.2 Å². The number of esters is 1. The minimum absolute atomic E-state index is 0.164. The second-order valence-electron chi connectivity index (χ2n) is 5.08. The van der Waals surface area contributed by atoms with E-state index in [1.54, 1.807) is 18.7 Å². The predicted octanol–water partition coefficient (Wildman–Crippen LogP) is 2.44. The molecule has 1 rings (SSSR count). The first-order valence-electron chi connectivity index (χ1n) is 7.86. The fourth-order valence-corrected chi connectivity index (χ4v) is 2.19. The van der Waals surface area contributed by atoms with Crippen LogP contribution < -0.4 is 5.32 Å². The predicted molar refractivity (Wildman–Crippen MR) is 90.1 cm³/mol. The molecule has 1 unspecified atom stereocenters. The summed E-state index contributed by atoms with van der Waals surface area (Å²) >= 11 is 0. The van der Waals surface area contributed by atoms with Crippen LogP contribution in [0.3, 0.4) is 0 Å². The van der Waals surface area contributed by atoms with Gasteiger partial charge in [-0.2, -0.15) is 0 Å². The van der Waals surface area contributed by atoms with Crippen LogP contribution in [0.1, 0.15) is 38.1 Å². The number of ether oxygens (including phenoxy) is 1. The Labute approximate surface area is 140 Å². The molecule has 0 fully saturated rings. The molecule has 0 heterocycles. The lowest BCUT2D eigenvalue weighted by molar-refractivity contribution is -0.384. The molecule has 0 bridgehead atoms. The van der Waals surface area contributed by atoms with Gasteiger partial charge in [0.25, 0.3) is 11.6 Å². The average molecular weight is 337 g/mol. The molecule has 1 atom stereocenters. The van der Waals surface area contributed by atoms with Gasteiger partial charge in [0.15, 0.2) is 0 Å². The number of anilines is 1. The molecule has 24 heavy (non-hydrogen) atoms. The summed E-state index contributed by atoms with van der Waals surface area (Å²) in [6, 6.07) is 3.42. The van der Waals surface area contributed by atoms with Crippen molar-refractivity contribution in [3.05, 3.63) is 33.9 Å². The van der Waals surface area contributed by atoms with Crippen LogP contribution in [0.4, 0.5) is 11.4 Å². The number of amides is 1. The Morgan fingerprint density at radius 1 is 1.29 bits per heavy atom. The summed E-state index contributed by atoms with van der Waals surface area (Å²) < 4.78 is 4.87. The van der Waals surface area contributed by atoms with Crippen LogP contribution in [-0.2, 0) is 9.53 Å². The normalized spacial score (nSPS) is 11.5. The number of nitrogens with one attached hydrogen (secondary N) is 1. The molecular formula is C16H23N3O5. The molecule has 132 valence electrons. The van der Waals surface area contributed by atoms with E-state index in [1.165, 1.54) is 18.2 Å². The van der Waals surface area contributed by atoms with E-state index >= 15 is 0 Å². The van der Waals surface area contributed by atoms with Crippen molar-refractivity contribution in [2.24, 2.45) is 0 Å². The highest BCUT2D eigenvalue weighted by Crippen LogP contribution is 2.27. The van der Waals surface area contributed by atoms with Gasteiger partial charge in [0.2, 0.25) is 0 Å². The van der Waals surface area contributed by atoms with Crippen LogP contribution in [0.5, 0.6) is 0 Å². The van der Waals surface area contributed by atoms with Crippen molar-refractivity contribution in [2.45, 2.75) is 33.7 Å². The summed E-state index contributed by atoms with van der Waals surface area (Å²) in [5.41, 5.74) is 0.139. The van der Waals surface area contributed by atoms with E-state index in [1.807, 2.05) is 13.8 Å². The van der Waals surface area contributed by atoms with Crippen molar-refractivity contribution in [1.82, 2.24) is 4.90 Å². The number of hydrogen-bond donors (Lipinski definition) is 1. The van der Waals surface area contributed by atoms with E-state index < -0.39 is 16.9 Å². The van der Waals surface area contributed by atoms with Crippen molar-refractivity contribution in [1.29, 1.82) is 0 Å². The van der Waals surface area contributed by atoms with Crippen molar-refractivity contribution < 1.29 is 19.2 Å². The molecule has 8 heteroatoms. The number of benzene rings is 1. The van der Waals surface area contributed by atoms with Gasteiger partial charge in [-0.05, 0) is 39.8 Å². The molecule has 1 aromatic rings. The molecule has 8 nitrogen and oxygen atoms in total. The molecule has 0 radical (unpaired) electrons. The molecule has 0 aromatic heterocycles. The third-order valence-electron chi connectivity index (χ3n) is 3.50. The molecule has 0 aliphatic heterocycles. The minimum atomic E-state index is -0.743. The number of rotatable bonds is 8. The molecule has 1 N–H and O–H groups in total. The van der Waals surface area contributed by atoms with Crippen LogP contribution in [0, 0.1) is 10.1 Å². The molecule has 0 aliphatic carbocycles. The highest BCUT2D eigenvalue weighted by Gasteiger charge is 2.23. The molecule has 0 aliphatic rings. The Morgan fingerprint density at radius 3 is 2.42 bits per heavy atom. The van der Waals surface area contributed by atoms with Gasteiger partial charge in [-0.1, -0.05) is 0 Å². The number of nitro benzene ring substituents is 1. The van der Waals surface area contributed by atoms with Gasteiger partial charge < -0.3 is 15.0 Å². The topological polar surface area (TPSA) is 102 Å². The lowest BCUT2D eigenvalue weighted by Crippen LogP contribution is -2.31. The van der Waals surface area contributed by atoms with Crippen molar-refractivity contribution >= 4 is 23.3 Å². The Morgan fingerprint density at radius 2 is 1.92 bits per heavy atom. The first kappa shape index (κ1) is 19.4. The Kier molecular flexibility index (Phi) is 7.16. The van der Waals surface area contributed by atoms with E-state index in [0.717, 1.165) is 0 Å². The molecular weight excluding hydrogens is 314 g/mol. The Balaban J connectivity index is 3.10.